The lowest BCUT2D eigenvalue weighted by atomic mass is 9.95. The molecule has 0 spiro atoms. The van der Waals surface area contributed by atoms with Crippen molar-refractivity contribution in [1.82, 2.24) is 15.2 Å². The van der Waals surface area contributed by atoms with Gasteiger partial charge in [0.1, 0.15) is 5.82 Å². The Morgan fingerprint density at radius 2 is 1.73 bits per heavy atom. The lowest BCUT2D eigenvalue weighted by Gasteiger charge is -2.35. The van der Waals surface area contributed by atoms with Crippen LogP contribution in [0.4, 0.5) is 16.3 Å². The predicted molar refractivity (Wildman–Crippen MR) is 118 cm³/mol. The zero-order valence-electron chi connectivity index (χ0n) is 17.2. The maximum atomic E-state index is 12.7. The Labute approximate surface area is 177 Å². The van der Waals surface area contributed by atoms with E-state index in [4.69, 9.17) is 0 Å². The number of pyridine rings is 1. The fraction of sp³-hybridized carbons (Fsp3) is 0.435. The van der Waals surface area contributed by atoms with Gasteiger partial charge < -0.3 is 20.4 Å². The van der Waals surface area contributed by atoms with Crippen molar-refractivity contribution in [2.75, 3.05) is 36.4 Å². The van der Waals surface area contributed by atoms with E-state index in [1.165, 1.54) is 19.3 Å². The number of nitrogens with one attached hydrogen (secondary N) is 2. The Balaban J connectivity index is 1.30. The number of urea groups is 1. The van der Waals surface area contributed by atoms with Gasteiger partial charge in [0.15, 0.2) is 0 Å². The molecule has 1 aromatic heterocycles. The van der Waals surface area contributed by atoms with E-state index in [0.29, 0.717) is 24.3 Å². The molecular formula is C23H29N5O2. The number of aromatic nitrogens is 1. The van der Waals surface area contributed by atoms with Gasteiger partial charge in [0.25, 0.3) is 5.91 Å². The summed E-state index contributed by atoms with van der Waals surface area (Å²) in [6, 6.07) is 13.2. The smallest absolute Gasteiger partial charge is 0.321 e. The number of piperazine rings is 1. The minimum atomic E-state index is -0.138. The minimum absolute atomic E-state index is 0.0676. The third-order valence-corrected chi connectivity index (χ3v) is 5.86. The Kier molecular flexibility index (Phi) is 6.47. The molecule has 2 heterocycles. The highest BCUT2D eigenvalue weighted by Crippen LogP contribution is 2.19. The summed E-state index contributed by atoms with van der Waals surface area (Å²) in [4.78, 5) is 33.6. The SMILES string of the molecule is O=C(NC1CCCCC1)c1cccc(NC(=O)N2CCN(c3ccccn3)CC2)c1. The van der Waals surface area contributed by atoms with Crippen LogP contribution in [0.15, 0.2) is 48.7 Å². The molecule has 2 aliphatic rings. The Bertz CT molecular complexity index is 859. The van der Waals surface area contributed by atoms with Crippen LogP contribution in [0.2, 0.25) is 0 Å². The van der Waals surface area contributed by atoms with E-state index < -0.39 is 0 Å². The fourth-order valence-corrected chi connectivity index (χ4v) is 4.14. The van der Waals surface area contributed by atoms with Gasteiger partial charge in [-0.2, -0.15) is 0 Å². The molecule has 0 radical (unpaired) electrons. The molecule has 0 bridgehead atoms. The summed E-state index contributed by atoms with van der Waals surface area (Å²) in [5.41, 5.74) is 1.22. The summed E-state index contributed by atoms with van der Waals surface area (Å²) in [5, 5.41) is 6.06. The van der Waals surface area contributed by atoms with Crippen LogP contribution in [0, 0.1) is 0 Å². The largest absolute Gasteiger partial charge is 0.353 e. The zero-order valence-corrected chi connectivity index (χ0v) is 17.2. The first kappa shape index (κ1) is 20.2. The van der Waals surface area contributed by atoms with Gasteiger partial charge in [0.2, 0.25) is 0 Å². The molecule has 0 atom stereocenters. The minimum Gasteiger partial charge on any atom is -0.353 e. The van der Waals surface area contributed by atoms with Crippen LogP contribution < -0.4 is 15.5 Å². The molecule has 2 fully saturated rings. The second-order valence-corrected chi connectivity index (χ2v) is 7.98. The fourth-order valence-electron chi connectivity index (χ4n) is 4.14. The van der Waals surface area contributed by atoms with E-state index in [9.17, 15) is 9.59 Å². The van der Waals surface area contributed by atoms with Crippen molar-refractivity contribution in [1.29, 1.82) is 0 Å². The van der Waals surface area contributed by atoms with E-state index in [0.717, 1.165) is 31.7 Å². The van der Waals surface area contributed by atoms with Crippen molar-refractivity contribution in [3.05, 3.63) is 54.2 Å². The van der Waals surface area contributed by atoms with Crippen molar-refractivity contribution in [2.24, 2.45) is 0 Å². The predicted octanol–water partition coefficient (Wildman–Crippen LogP) is 3.50. The summed E-state index contributed by atoms with van der Waals surface area (Å²) in [6.07, 6.45) is 7.48. The van der Waals surface area contributed by atoms with Gasteiger partial charge >= 0.3 is 6.03 Å². The lowest BCUT2D eigenvalue weighted by Crippen LogP contribution is -2.50. The van der Waals surface area contributed by atoms with Crippen LogP contribution >= 0.6 is 0 Å². The second kappa shape index (κ2) is 9.61. The van der Waals surface area contributed by atoms with Crippen LogP contribution in [-0.4, -0.2) is 54.0 Å². The van der Waals surface area contributed by atoms with Crippen LogP contribution in [0.5, 0.6) is 0 Å². The number of nitrogens with zero attached hydrogens (tertiary/aromatic N) is 3. The van der Waals surface area contributed by atoms with Crippen molar-refractivity contribution >= 4 is 23.4 Å². The van der Waals surface area contributed by atoms with Gasteiger partial charge in [-0.15, -0.1) is 0 Å². The molecule has 4 rings (SSSR count). The van der Waals surface area contributed by atoms with Crippen LogP contribution in [-0.2, 0) is 0 Å². The third-order valence-electron chi connectivity index (χ3n) is 5.86. The molecule has 7 nitrogen and oxygen atoms in total. The monoisotopic (exact) mass is 407 g/mol. The molecule has 2 N–H and O–H groups in total. The van der Waals surface area contributed by atoms with E-state index in [-0.39, 0.29) is 18.0 Å². The molecule has 1 saturated carbocycles. The number of carbonyl (C=O) groups excluding carboxylic acids is 2. The van der Waals surface area contributed by atoms with Gasteiger partial charge in [0, 0.05) is 49.7 Å². The Morgan fingerprint density at radius 1 is 0.933 bits per heavy atom. The van der Waals surface area contributed by atoms with Gasteiger partial charge in [-0.3, -0.25) is 4.79 Å². The summed E-state index contributed by atoms with van der Waals surface area (Å²) < 4.78 is 0. The molecule has 7 heteroatoms. The molecule has 0 unspecified atom stereocenters. The number of anilines is 2. The molecule has 30 heavy (non-hydrogen) atoms. The number of hydrogen-bond acceptors (Lipinski definition) is 4. The number of carbonyl (C=O) groups is 2. The molecule has 1 saturated heterocycles. The molecule has 158 valence electrons. The van der Waals surface area contributed by atoms with Crippen molar-refractivity contribution in [2.45, 2.75) is 38.1 Å². The molecule has 2 aromatic rings. The second-order valence-electron chi connectivity index (χ2n) is 7.98. The van der Waals surface area contributed by atoms with E-state index >= 15 is 0 Å². The molecule has 1 aliphatic carbocycles. The molecule has 1 aliphatic heterocycles. The van der Waals surface area contributed by atoms with E-state index in [2.05, 4.69) is 20.5 Å². The topological polar surface area (TPSA) is 77.6 Å². The summed E-state index contributed by atoms with van der Waals surface area (Å²) in [6.45, 7) is 2.75. The van der Waals surface area contributed by atoms with Gasteiger partial charge in [0.05, 0.1) is 0 Å². The number of rotatable bonds is 4. The average molecular weight is 408 g/mol. The number of benzene rings is 1. The summed E-state index contributed by atoms with van der Waals surface area (Å²) >= 11 is 0. The van der Waals surface area contributed by atoms with Crippen molar-refractivity contribution in [3.8, 4) is 0 Å². The Hall–Kier alpha value is -3.09. The van der Waals surface area contributed by atoms with Crippen LogP contribution in [0.3, 0.4) is 0 Å². The van der Waals surface area contributed by atoms with Crippen molar-refractivity contribution < 1.29 is 9.59 Å². The first-order chi connectivity index (χ1) is 14.7. The Morgan fingerprint density at radius 3 is 2.47 bits per heavy atom. The highest BCUT2D eigenvalue weighted by Gasteiger charge is 2.22. The third kappa shape index (κ3) is 5.09. The van der Waals surface area contributed by atoms with E-state index in [1.807, 2.05) is 30.3 Å². The van der Waals surface area contributed by atoms with Gasteiger partial charge in [-0.1, -0.05) is 31.4 Å². The van der Waals surface area contributed by atoms with Crippen molar-refractivity contribution in [3.63, 3.8) is 0 Å². The molecule has 1 aromatic carbocycles. The summed E-state index contributed by atoms with van der Waals surface area (Å²) in [7, 11) is 0. The highest BCUT2D eigenvalue weighted by atomic mass is 16.2. The first-order valence-corrected chi connectivity index (χ1v) is 10.8. The van der Waals surface area contributed by atoms with Gasteiger partial charge in [-0.25, -0.2) is 9.78 Å². The average Bonchev–Trinajstić information content (AvgIpc) is 2.80. The maximum Gasteiger partial charge on any atom is 0.321 e. The van der Waals surface area contributed by atoms with Crippen LogP contribution in [0.1, 0.15) is 42.5 Å². The number of amides is 3. The van der Waals surface area contributed by atoms with Crippen LogP contribution in [0.25, 0.3) is 0 Å². The molecule has 3 amide bonds. The highest BCUT2D eigenvalue weighted by molar-refractivity contribution is 5.97. The maximum absolute atomic E-state index is 12.7. The quantitative estimate of drug-likeness (QED) is 0.813. The lowest BCUT2D eigenvalue weighted by molar-refractivity contribution is 0.0927. The standard InChI is InChI=1S/C23H29N5O2/c29-22(25-19-8-2-1-3-9-19)18-7-6-10-20(17-18)26-23(30)28-15-13-27(14-16-28)21-11-4-5-12-24-21/h4-7,10-12,17,19H,1-3,8-9,13-16H2,(H,25,29)(H,26,30). The zero-order chi connectivity index (χ0) is 20.8. The first-order valence-electron chi connectivity index (χ1n) is 10.8. The number of hydrogen-bond donors (Lipinski definition) is 2. The van der Waals surface area contributed by atoms with E-state index in [1.54, 1.807) is 23.2 Å². The summed E-state index contributed by atoms with van der Waals surface area (Å²) in [5.74, 6) is 0.871. The molecular weight excluding hydrogens is 378 g/mol. The van der Waals surface area contributed by atoms with Gasteiger partial charge in [-0.05, 0) is 43.2 Å². The normalized spacial score (nSPS) is 17.5.